The van der Waals surface area contributed by atoms with E-state index in [0.717, 1.165) is 0 Å². The highest BCUT2D eigenvalue weighted by molar-refractivity contribution is 7.80. The van der Waals surface area contributed by atoms with Gasteiger partial charge in [0.05, 0.1) is 13.2 Å². The van der Waals surface area contributed by atoms with E-state index in [1.54, 1.807) is 0 Å². The molecule has 0 saturated carbocycles. The third-order valence-electron chi connectivity index (χ3n) is 2.78. The molecule has 0 aromatic rings. The van der Waals surface area contributed by atoms with E-state index >= 15 is 0 Å². The Hall–Kier alpha value is -0.680. The molecule has 4 nitrogen and oxygen atoms in total. The van der Waals surface area contributed by atoms with E-state index in [4.69, 9.17) is 17.3 Å². The van der Waals surface area contributed by atoms with Crippen LogP contribution in [0.25, 0.3) is 0 Å². The van der Waals surface area contributed by atoms with Gasteiger partial charge in [-0.2, -0.15) is 0 Å². The van der Waals surface area contributed by atoms with Crippen LogP contribution in [0, 0.1) is 5.92 Å². The molecule has 1 fully saturated rings. The number of carbonyl (C=O) groups is 1. The highest BCUT2D eigenvalue weighted by atomic mass is 32.1. The molecule has 1 aliphatic rings. The van der Waals surface area contributed by atoms with Crippen molar-refractivity contribution in [2.45, 2.75) is 26.3 Å². The number of amides is 1. The van der Waals surface area contributed by atoms with Crippen LogP contribution in [0.2, 0.25) is 0 Å². The summed E-state index contributed by atoms with van der Waals surface area (Å²) < 4.78 is 0. The summed E-state index contributed by atoms with van der Waals surface area (Å²) >= 11 is 5.03. The number of β-amino-alcohol motifs (C(OH)–C–C–N with tert-alkyl or cyclic N) is 1. The van der Waals surface area contributed by atoms with Crippen LogP contribution in [0.15, 0.2) is 0 Å². The first kappa shape index (κ1) is 11.4. The standard InChI is InChI=1S/C9H16N2O2S/c1-6(2)9(3)7(13)11(4-5-12)8(14)10-9/h6,12H,4-5H2,1-3H3,(H,10,14). The van der Waals surface area contributed by atoms with Gasteiger partial charge in [-0.1, -0.05) is 13.8 Å². The van der Waals surface area contributed by atoms with Gasteiger partial charge in [-0.3, -0.25) is 9.69 Å². The van der Waals surface area contributed by atoms with Gasteiger partial charge in [-0.15, -0.1) is 0 Å². The summed E-state index contributed by atoms with van der Waals surface area (Å²) in [4.78, 5) is 13.4. The molecule has 14 heavy (non-hydrogen) atoms. The molecular weight excluding hydrogens is 200 g/mol. The molecule has 0 aromatic heterocycles. The van der Waals surface area contributed by atoms with Crippen molar-refractivity contribution in [3.8, 4) is 0 Å². The highest BCUT2D eigenvalue weighted by Crippen LogP contribution is 2.25. The van der Waals surface area contributed by atoms with E-state index < -0.39 is 5.54 Å². The van der Waals surface area contributed by atoms with Gasteiger partial charge in [-0.25, -0.2) is 0 Å². The Labute approximate surface area is 89.3 Å². The van der Waals surface area contributed by atoms with Crippen LogP contribution < -0.4 is 5.32 Å². The summed E-state index contributed by atoms with van der Waals surface area (Å²) in [6.45, 7) is 5.98. The average molecular weight is 216 g/mol. The highest BCUT2D eigenvalue weighted by Gasteiger charge is 2.47. The van der Waals surface area contributed by atoms with Crippen molar-refractivity contribution in [3.05, 3.63) is 0 Å². The van der Waals surface area contributed by atoms with Crippen molar-refractivity contribution in [2.75, 3.05) is 13.2 Å². The van der Waals surface area contributed by atoms with Crippen molar-refractivity contribution in [2.24, 2.45) is 5.92 Å². The van der Waals surface area contributed by atoms with Gasteiger partial charge in [0.2, 0.25) is 0 Å². The first-order chi connectivity index (χ1) is 6.43. The number of aliphatic hydroxyl groups is 1. The maximum absolute atomic E-state index is 11.9. The molecule has 1 heterocycles. The summed E-state index contributed by atoms with van der Waals surface area (Å²) in [5.74, 6) is 0.114. The lowest BCUT2D eigenvalue weighted by molar-refractivity contribution is -0.132. The van der Waals surface area contributed by atoms with Crippen LogP contribution >= 0.6 is 12.2 Å². The monoisotopic (exact) mass is 216 g/mol. The maximum Gasteiger partial charge on any atom is 0.254 e. The first-order valence-electron chi connectivity index (χ1n) is 4.68. The van der Waals surface area contributed by atoms with Crippen LogP contribution in [-0.4, -0.2) is 39.7 Å². The summed E-state index contributed by atoms with van der Waals surface area (Å²) in [6.07, 6.45) is 0. The van der Waals surface area contributed by atoms with Gasteiger partial charge >= 0.3 is 0 Å². The number of nitrogens with zero attached hydrogens (tertiary/aromatic N) is 1. The summed E-state index contributed by atoms with van der Waals surface area (Å²) in [7, 11) is 0. The summed E-state index contributed by atoms with van der Waals surface area (Å²) in [5.41, 5.74) is -0.619. The zero-order valence-electron chi connectivity index (χ0n) is 8.70. The normalized spacial score (nSPS) is 27.4. The van der Waals surface area contributed by atoms with E-state index in [1.807, 2.05) is 20.8 Å². The Morgan fingerprint density at radius 1 is 1.64 bits per heavy atom. The molecule has 1 saturated heterocycles. The first-order valence-corrected chi connectivity index (χ1v) is 5.09. The van der Waals surface area contributed by atoms with Gasteiger partial charge in [0.15, 0.2) is 5.11 Å². The quantitative estimate of drug-likeness (QED) is 0.658. The summed E-state index contributed by atoms with van der Waals surface area (Å²) in [5, 5.41) is 12.2. The molecule has 0 spiro atoms. The smallest absolute Gasteiger partial charge is 0.254 e. The largest absolute Gasteiger partial charge is 0.395 e. The molecule has 0 radical (unpaired) electrons. The summed E-state index contributed by atoms with van der Waals surface area (Å²) in [6, 6.07) is 0. The Bertz CT molecular complexity index is 268. The minimum atomic E-state index is -0.619. The zero-order chi connectivity index (χ0) is 10.9. The Kier molecular flexibility index (Phi) is 3.11. The molecule has 1 rings (SSSR count). The third-order valence-corrected chi connectivity index (χ3v) is 3.10. The van der Waals surface area contributed by atoms with Gasteiger partial charge < -0.3 is 10.4 Å². The number of nitrogens with one attached hydrogen (secondary N) is 1. The van der Waals surface area contributed by atoms with Crippen LogP contribution in [0.5, 0.6) is 0 Å². The fraction of sp³-hybridized carbons (Fsp3) is 0.778. The zero-order valence-corrected chi connectivity index (χ0v) is 9.52. The Morgan fingerprint density at radius 2 is 2.21 bits per heavy atom. The van der Waals surface area contributed by atoms with E-state index in [9.17, 15) is 4.79 Å². The van der Waals surface area contributed by atoms with Crippen molar-refractivity contribution in [3.63, 3.8) is 0 Å². The lowest BCUT2D eigenvalue weighted by atomic mass is 9.88. The molecule has 1 unspecified atom stereocenters. The predicted octanol–water partition coefficient (Wildman–Crippen LogP) is 0.110. The number of thiocarbonyl (C=S) groups is 1. The second-order valence-corrected chi connectivity index (χ2v) is 4.35. The van der Waals surface area contributed by atoms with Crippen LogP contribution in [0.3, 0.4) is 0 Å². The fourth-order valence-electron chi connectivity index (χ4n) is 1.41. The maximum atomic E-state index is 11.9. The molecule has 2 N–H and O–H groups in total. The van der Waals surface area contributed by atoms with Crippen molar-refractivity contribution in [1.29, 1.82) is 0 Å². The van der Waals surface area contributed by atoms with E-state index in [-0.39, 0.29) is 25.0 Å². The van der Waals surface area contributed by atoms with Crippen LogP contribution in [-0.2, 0) is 4.79 Å². The van der Waals surface area contributed by atoms with Gasteiger partial charge in [0.1, 0.15) is 5.54 Å². The van der Waals surface area contributed by atoms with Crippen molar-refractivity contribution < 1.29 is 9.90 Å². The number of rotatable bonds is 3. The number of hydrogen-bond acceptors (Lipinski definition) is 3. The molecule has 0 bridgehead atoms. The third kappa shape index (κ3) is 1.62. The van der Waals surface area contributed by atoms with Gasteiger partial charge in [0.25, 0.3) is 5.91 Å². The lowest BCUT2D eigenvalue weighted by Crippen LogP contribution is -2.48. The minimum Gasteiger partial charge on any atom is -0.395 e. The minimum absolute atomic E-state index is 0.0495. The topological polar surface area (TPSA) is 52.6 Å². The molecular formula is C9H16N2O2S. The van der Waals surface area contributed by atoms with E-state index in [0.29, 0.717) is 5.11 Å². The van der Waals surface area contributed by atoms with Gasteiger partial charge in [-0.05, 0) is 25.1 Å². The average Bonchev–Trinajstić information content (AvgIpc) is 2.31. The Morgan fingerprint density at radius 3 is 2.57 bits per heavy atom. The van der Waals surface area contributed by atoms with Gasteiger partial charge in [0, 0.05) is 0 Å². The molecule has 5 heteroatoms. The van der Waals surface area contributed by atoms with E-state index in [1.165, 1.54) is 4.90 Å². The van der Waals surface area contributed by atoms with Crippen LogP contribution in [0.4, 0.5) is 0 Å². The fourth-order valence-corrected chi connectivity index (χ4v) is 1.80. The molecule has 80 valence electrons. The molecule has 0 aliphatic carbocycles. The van der Waals surface area contributed by atoms with E-state index in [2.05, 4.69) is 5.32 Å². The number of aliphatic hydroxyl groups excluding tert-OH is 1. The van der Waals surface area contributed by atoms with Crippen molar-refractivity contribution in [1.82, 2.24) is 10.2 Å². The number of carbonyl (C=O) groups excluding carboxylic acids is 1. The molecule has 1 aliphatic heterocycles. The second-order valence-electron chi connectivity index (χ2n) is 3.97. The molecule has 1 amide bonds. The SMILES string of the molecule is CC(C)C1(C)NC(=S)N(CCO)C1=O. The Balaban J connectivity index is 2.89. The molecule has 0 aromatic carbocycles. The molecule has 1 atom stereocenters. The number of hydrogen-bond donors (Lipinski definition) is 2. The lowest BCUT2D eigenvalue weighted by Gasteiger charge is -2.26. The van der Waals surface area contributed by atoms with Crippen LogP contribution in [0.1, 0.15) is 20.8 Å². The predicted molar refractivity (Wildman–Crippen MR) is 57.8 cm³/mol. The second kappa shape index (κ2) is 3.82. The van der Waals surface area contributed by atoms with Crippen molar-refractivity contribution >= 4 is 23.2 Å².